The largest absolute Gasteiger partial charge is 0.477 e. The van der Waals surface area contributed by atoms with Crippen molar-refractivity contribution in [3.05, 3.63) is 27.9 Å². The summed E-state index contributed by atoms with van der Waals surface area (Å²) in [4.78, 5) is 25.0. The second kappa shape index (κ2) is 5.87. The van der Waals surface area contributed by atoms with Crippen molar-refractivity contribution in [2.75, 3.05) is 16.8 Å². The molecule has 0 spiro atoms. The standard InChI is InChI=1S/C11H13N3O4S/c15-11(16)8-3-4-9(14(17)18)10(13-8)12-7-2-1-5-19-6-7/h3-4,7H,1-2,5-6H2,(H,12,13)(H,15,16). The summed E-state index contributed by atoms with van der Waals surface area (Å²) in [5.41, 5.74) is -0.392. The van der Waals surface area contributed by atoms with E-state index in [4.69, 9.17) is 5.11 Å². The number of carboxylic acids is 1. The highest BCUT2D eigenvalue weighted by Gasteiger charge is 2.22. The van der Waals surface area contributed by atoms with Crippen LogP contribution in [0.4, 0.5) is 11.5 Å². The average molecular weight is 283 g/mol. The summed E-state index contributed by atoms with van der Waals surface area (Å²) in [5.74, 6) is 0.771. The first-order chi connectivity index (χ1) is 9.08. The van der Waals surface area contributed by atoms with Gasteiger partial charge >= 0.3 is 11.7 Å². The molecule has 0 bridgehead atoms. The van der Waals surface area contributed by atoms with E-state index in [-0.39, 0.29) is 23.2 Å². The number of rotatable bonds is 4. The number of aromatic nitrogens is 1. The molecule has 1 unspecified atom stereocenters. The molecule has 0 saturated carbocycles. The number of thioether (sulfide) groups is 1. The fraction of sp³-hybridized carbons (Fsp3) is 0.455. The van der Waals surface area contributed by atoms with Gasteiger partial charge in [-0.25, -0.2) is 9.78 Å². The number of aromatic carboxylic acids is 1. The predicted molar refractivity (Wildman–Crippen MR) is 71.8 cm³/mol. The Labute approximate surface area is 113 Å². The minimum atomic E-state index is -1.20. The molecular formula is C11H13N3O4S. The minimum absolute atomic E-state index is 0.0393. The Morgan fingerprint density at radius 2 is 2.37 bits per heavy atom. The van der Waals surface area contributed by atoms with E-state index in [9.17, 15) is 14.9 Å². The van der Waals surface area contributed by atoms with E-state index in [0.717, 1.165) is 30.4 Å². The Balaban J connectivity index is 2.26. The van der Waals surface area contributed by atoms with Crippen LogP contribution >= 0.6 is 11.8 Å². The Morgan fingerprint density at radius 3 is 2.95 bits per heavy atom. The van der Waals surface area contributed by atoms with Crippen molar-refractivity contribution in [2.24, 2.45) is 0 Å². The summed E-state index contributed by atoms with van der Waals surface area (Å²) in [6.45, 7) is 0. The van der Waals surface area contributed by atoms with Crippen LogP contribution in [0.25, 0.3) is 0 Å². The summed E-state index contributed by atoms with van der Waals surface area (Å²) in [6.07, 6.45) is 1.94. The van der Waals surface area contributed by atoms with Crippen LogP contribution in [-0.4, -0.2) is 38.5 Å². The number of nitrogens with zero attached hydrogens (tertiary/aromatic N) is 2. The molecule has 1 aromatic heterocycles. The van der Waals surface area contributed by atoms with E-state index in [1.54, 1.807) is 11.8 Å². The lowest BCUT2D eigenvalue weighted by atomic mass is 10.2. The highest BCUT2D eigenvalue weighted by molar-refractivity contribution is 7.99. The lowest BCUT2D eigenvalue weighted by molar-refractivity contribution is -0.384. The lowest BCUT2D eigenvalue weighted by Gasteiger charge is -2.22. The third kappa shape index (κ3) is 3.34. The highest BCUT2D eigenvalue weighted by Crippen LogP contribution is 2.26. The maximum Gasteiger partial charge on any atom is 0.354 e. The van der Waals surface area contributed by atoms with Gasteiger partial charge in [-0.1, -0.05) is 0 Å². The third-order valence-corrected chi connectivity index (χ3v) is 4.01. The highest BCUT2D eigenvalue weighted by atomic mass is 32.2. The van der Waals surface area contributed by atoms with Crippen molar-refractivity contribution in [1.82, 2.24) is 4.98 Å². The number of pyridine rings is 1. The maximum atomic E-state index is 10.9. The smallest absolute Gasteiger partial charge is 0.354 e. The SMILES string of the molecule is O=C(O)c1ccc([N+](=O)[O-])c(NC2CCCSC2)n1. The molecule has 102 valence electrons. The van der Waals surface area contributed by atoms with Gasteiger partial charge in [0.05, 0.1) is 4.92 Å². The molecular weight excluding hydrogens is 270 g/mol. The summed E-state index contributed by atoms with van der Waals surface area (Å²) >= 11 is 1.77. The summed E-state index contributed by atoms with van der Waals surface area (Å²) < 4.78 is 0. The quantitative estimate of drug-likeness (QED) is 0.643. The minimum Gasteiger partial charge on any atom is -0.477 e. The molecule has 1 atom stereocenters. The van der Waals surface area contributed by atoms with Gasteiger partial charge in [0.15, 0.2) is 5.69 Å². The first kappa shape index (κ1) is 13.6. The molecule has 1 saturated heterocycles. The van der Waals surface area contributed by atoms with Gasteiger partial charge in [-0.05, 0) is 24.7 Å². The molecule has 0 aliphatic carbocycles. The number of hydrogen-bond donors (Lipinski definition) is 2. The molecule has 1 fully saturated rings. The fourth-order valence-corrected chi connectivity index (χ4v) is 2.94. The molecule has 1 aliphatic heterocycles. The zero-order valence-corrected chi connectivity index (χ0v) is 10.9. The number of nitrogens with one attached hydrogen (secondary N) is 1. The van der Waals surface area contributed by atoms with Crippen LogP contribution in [0.1, 0.15) is 23.3 Å². The van der Waals surface area contributed by atoms with Crippen LogP contribution in [-0.2, 0) is 0 Å². The van der Waals surface area contributed by atoms with Gasteiger partial charge in [-0.3, -0.25) is 10.1 Å². The van der Waals surface area contributed by atoms with Gasteiger partial charge in [0, 0.05) is 17.9 Å². The summed E-state index contributed by atoms with van der Waals surface area (Å²) in [5, 5.41) is 22.8. The van der Waals surface area contributed by atoms with Crippen molar-refractivity contribution in [3.8, 4) is 0 Å². The molecule has 2 rings (SSSR count). The van der Waals surface area contributed by atoms with Crippen LogP contribution in [0.5, 0.6) is 0 Å². The third-order valence-electron chi connectivity index (χ3n) is 2.79. The van der Waals surface area contributed by atoms with Crippen molar-refractivity contribution in [3.63, 3.8) is 0 Å². The van der Waals surface area contributed by atoms with Crippen molar-refractivity contribution >= 4 is 29.2 Å². The normalized spacial score (nSPS) is 18.8. The van der Waals surface area contributed by atoms with Gasteiger partial charge in [-0.15, -0.1) is 0 Å². The number of anilines is 1. The van der Waals surface area contributed by atoms with Crippen LogP contribution in [0, 0.1) is 10.1 Å². The molecule has 7 nitrogen and oxygen atoms in total. The predicted octanol–water partition coefficient (Wildman–Crippen LogP) is 2.00. The van der Waals surface area contributed by atoms with Gasteiger partial charge in [0.1, 0.15) is 0 Å². The Morgan fingerprint density at radius 1 is 1.58 bits per heavy atom. The van der Waals surface area contributed by atoms with E-state index in [2.05, 4.69) is 10.3 Å². The molecule has 19 heavy (non-hydrogen) atoms. The molecule has 2 N–H and O–H groups in total. The second-order valence-corrected chi connectivity index (χ2v) is 5.33. The van der Waals surface area contributed by atoms with Gasteiger partial charge in [0.25, 0.3) is 0 Å². The first-order valence-electron chi connectivity index (χ1n) is 5.81. The average Bonchev–Trinajstić information content (AvgIpc) is 2.39. The van der Waals surface area contributed by atoms with E-state index in [1.165, 1.54) is 6.07 Å². The van der Waals surface area contributed by atoms with Crippen LogP contribution in [0.2, 0.25) is 0 Å². The Kier molecular flexibility index (Phi) is 4.20. The first-order valence-corrected chi connectivity index (χ1v) is 6.96. The Hall–Kier alpha value is -1.83. The van der Waals surface area contributed by atoms with E-state index >= 15 is 0 Å². The molecule has 0 amide bonds. The second-order valence-electron chi connectivity index (χ2n) is 4.18. The summed E-state index contributed by atoms with van der Waals surface area (Å²) in [7, 11) is 0. The van der Waals surface area contributed by atoms with Gasteiger partial charge in [0.2, 0.25) is 5.82 Å². The van der Waals surface area contributed by atoms with Crippen molar-refractivity contribution in [2.45, 2.75) is 18.9 Å². The van der Waals surface area contributed by atoms with Crippen LogP contribution < -0.4 is 5.32 Å². The van der Waals surface area contributed by atoms with Gasteiger partial charge in [-0.2, -0.15) is 11.8 Å². The van der Waals surface area contributed by atoms with Crippen molar-refractivity contribution < 1.29 is 14.8 Å². The molecule has 2 heterocycles. The number of carbonyl (C=O) groups is 1. The molecule has 0 radical (unpaired) electrons. The van der Waals surface area contributed by atoms with E-state index < -0.39 is 10.9 Å². The lowest BCUT2D eigenvalue weighted by Crippen LogP contribution is -2.27. The van der Waals surface area contributed by atoms with E-state index in [1.807, 2.05) is 0 Å². The molecule has 8 heteroatoms. The number of hydrogen-bond acceptors (Lipinski definition) is 6. The molecule has 1 aliphatic rings. The zero-order chi connectivity index (χ0) is 13.8. The maximum absolute atomic E-state index is 10.9. The number of carboxylic acid groups (broad SMARTS) is 1. The molecule has 0 aromatic carbocycles. The van der Waals surface area contributed by atoms with Gasteiger partial charge < -0.3 is 10.4 Å². The Bertz CT molecular complexity index is 503. The van der Waals surface area contributed by atoms with Crippen LogP contribution in [0.15, 0.2) is 12.1 Å². The summed E-state index contributed by atoms with van der Waals surface area (Å²) in [6, 6.07) is 2.41. The topological polar surface area (TPSA) is 105 Å². The van der Waals surface area contributed by atoms with Crippen LogP contribution in [0.3, 0.4) is 0 Å². The molecule has 1 aromatic rings. The zero-order valence-electron chi connectivity index (χ0n) is 10.0. The van der Waals surface area contributed by atoms with E-state index in [0.29, 0.717) is 0 Å². The monoisotopic (exact) mass is 283 g/mol. The van der Waals surface area contributed by atoms with Crippen molar-refractivity contribution in [1.29, 1.82) is 0 Å². The fourth-order valence-electron chi connectivity index (χ4n) is 1.87. The number of nitro groups is 1.